The Hall–Kier alpha value is -1.53. The summed E-state index contributed by atoms with van der Waals surface area (Å²) in [5.74, 6) is -0.732. The molecule has 0 saturated carbocycles. The molecule has 1 aromatic heterocycles. The summed E-state index contributed by atoms with van der Waals surface area (Å²) in [6, 6.07) is 0. The van der Waals surface area contributed by atoms with Gasteiger partial charge in [-0.2, -0.15) is 18.3 Å². The molecule has 1 aromatic rings. The fourth-order valence-corrected chi connectivity index (χ4v) is 2.16. The number of carbonyl (C=O) groups excluding carboxylic acids is 1. The molecule has 0 aliphatic heterocycles. The first-order chi connectivity index (χ1) is 8.40. The van der Waals surface area contributed by atoms with Crippen LogP contribution in [0.1, 0.15) is 18.2 Å². The zero-order chi connectivity index (χ0) is 13.3. The van der Waals surface area contributed by atoms with Crippen LogP contribution in [-0.2, 0) is 28.9 Å². The molecule has 1 unspecified atom stereocenters. The number of fused-ring (bicyclic) bond motifs is 1. The number of hydrogen-bond donors (Lipinski definition) is 0. The van der Waals surface area contributed by atoms with E-state index < -0.39 is 12.7 Å². The normalized spacial score (nSPS) is 18.8. The van der Waals surface area contributed by atoms with Crippen molar-refractivity contribution in [3.8, 4) is 0 Å². The maximum atomic E-state index is 12.3. The van der Waals surface area contributed by atoms with E-state index >= 15 is 0 Å². The SMILES string of the molecule is CCOC(=O)C1Cc2cnn(CC(F)(F)F)c2C1. The maximum Gasteiger partial charge on any atom is 0.408 e. The number of esters is 1. The molecule has 1 atom stereocenters. The molecule has 18 heavy (non-hydrogen) atoms. The average Bonchev–Trinajstić information content (AvgIpc) is 2.79. The number of carbonyl (C=O) groups is 1. The van der Waals surface area contributed by atoms with Crippen molar-refractivity contribution in [2.24, 2.45) is 5.92 Å². The number of nitrogens with zero attached hydrogens (tertiary/aromatic N) is 2. The summed E-state index contributed by atoms with van der Waals surface area (Å²) in [7, 11) is 0. The van der Waals surface area contributed by atoms with E-state index in [0.29, 0.717) is 17.7 Å². The van der Waals surface area contributed by atoms with Gasteiger partial charge in [-0.3, -0.25) is 9.48 Å². The lowest BCUT2D eigenvalue weighted by atomic mass is 10.1. The highest BCUT2D eigenvalue weighted by Crippen LogP contribution is 2.29. The van der Waals surface area contributed by atoms with Crippen LogP contribution in [0.25, 0.3) is 0 Å². The highest BCUT2D eigenvalue weighted by atomic mass is 19.4. The van der Waals surface area contributed by atoms with E-state index in [1.54, 1.807) is 6.92 Å². The van der Waals surface area contributed by atoms with Gasteiger partial charge in [0.15, 0.2) is 0 Å². The Morgan fingerprint density at radius 2 is 2.28 bits per heavy atom. The minimum Gasteiger partial charge on any atom is -0.466 e. The Balaban J connectivity index is 2.09. The third-order valence-corrected chi connectivity index (χ3v) is 2.89. The average molecular weight is 262 g/mol. The zero-order valence-corrected chi connectivity index (χ0v) is 9.83. The molecule has 4 nitrogen and oxygen atoms in total. The number of hydrogen-bond acceptors (Lipinski definition) is 3. The fraction of sp³-hybridized carbons (Fsp3) is 0.636. The minimum absolute atomic E-state index is 0.268. The smallest absolute Gasteiger partial charge is 0.408 e. The van der Waals surface area contributed by atoms with Crippen molar-refractivity contribution in [3.05, 3.63) is 17.5 Å². The van der Waals surface area contributed by atoms with E-state index in [-0.39, 0.29) is 24.9 Å². The van der Waals surface area contributed by atoms with Gasteiger partial charge >= 0.3 is 12.1 Å². The molecule has 0 bridgehead atoms. The monoisotopic (exact) mass is 262 g/mol. The van der Waals surface area contributed by atoms with Crippen LogP contribution in [0.3, 0.4) is 0 Å². The second-order valence-corrected chi connectivity index (χ2v) is 4.25. The molecule has 0 fully saturated rings. The second-order valence-electron chi connectivity index (χ2n) is 4.25. The van der Waals surface area contributed by atoms with E-state index in [1.165, 1.54) is 6.20 Å². The van der Waals surface area contributed by atoms with Gasteiger partial charge in [-0.15, -0.1) is 0 Å². The number of alkyl halides is 3. The van der Waals surface area contributed by atoms with Gasteiger partial charge in [0.2, 0.25) is 0 Å². The standard InChI is InChI=1S/C11H13F3N2O2/c1-2-18-10(17)7-3-8-5-15-16(9(8)4-7)6-11(12,13)14/h5,7H,2-4,6H2,1H3. The Labute approximate surface area is 102 Å². The zero-order valence-electron chi connectivity index (χ0n) is 9.83. The largest absolute Gasteiger partial charge is 0.466 e. The van der Waals surface area contributed by atoms with Crippen molar-refractivity contribution in [2.45, 2.75) is 32.5 Å². The number of halogens is 3. The van der Waals surface area contributed by atoms with Gasteiger partial charge < -0.3 is 4.74 Å². The van der Waals surface area contributed by atoms with Crippen LogP contribution in [0.5, 0.6) is 0 Å². The molecule has 2 rings (SSSR count). The molecule has 0 saturated heterocycles. The number of rotatable bonds is 3. The summed E-state index contributed by atoms with van der Waals surface area (Å²) < 4.78 is 42.7. The Bertz CT molecular complexity index is 454. The van der Waals surface area contributed by atoms with Gasteiger partial charge in [0.1, 0.15) is 6.54 Å². The Kier molecular flexibility index (Phi) is 3.32. The van der Waals surface area contributed by atoms with Crippen LogP contribution in [0, 0.1) is 5.92 Å². The first kappa shape index (κ1) is 12.9. The van der Waals surface area contributed by atoms with Gasteiger partial charge in [0.05, 0.1) is 18.7 Å². The summed E-state index contributed by atoms with van der Waals surface area (Å²) in [5.41, 5.74) is 1.20. The van der Waals surface area contributed by atoms with Crippen LogP contribution in [0.2, 0.25) is 0 Å². The fourth-order valence-electron chi connectivity index (χ4n) is 2.16. The summed E-state index contributed by atoms with van der Waals surface area (Å²) in [6.07, 6.45) is -2.22. The molecule has 100 valence electrons. The predicted molar refractivity (Wildman–Crippen MR) is 55.8 cm³/mol. The van der Waals surface area contributed by atoms with Gasteiger partial charge in [-0.25, -0.2) is 0 Å². The third-order valence-electron chi connectivity index (χ3n) is 2.89. The quantitative estimate of drug-likeness (QED) is 0.779. The summed E-state index contributed by atoms with van der Waals surface area (Å²) in [5, 5.41) is 3.71. The van der Waals surface area contributed by atoms with Crippen molar-refractivity contribution in [2.75, 3.05) is 6.61 Å². The lowest BCUT2D eigenvalue weighted by Crippen LogP contribution is -2.22. The van der Waals surface area contributed by atoms with Gasteiger partial charge in [0.25, 0.3) is 0 Å². The molecule has 7 heteroatoms. The van der Waals surface area contributed by atoms with E-state index in [1.807, 2.05) is 0 Å². The van der Waals surface area contributed by atoms with E-state index in [9.17, 15) is 18.0 Å². The first-order valence-corrected chi connectivity index (χ1v) is 5.67. The van der Waals surface area contributed by atoms with Crippen LogP contribution in [-0.4, -0.2) is 28.5 Å². The summed E-state index contributed by atoms with van der Waals surface area (Å²) in [4.78, 5) is 11.5. The Morgan fingerprint density at radius 1 is 1.56 bits per heavy atom. The van der Waals surface area contributed by atoms with Crippen molar-refractivity contribution in [1.29, 1.82) is 0 Å². The molecule has 1 aliphatic rings. The molecule has 1 aliphatic carbocycles. The lowest BCUT2D eigenvalue weighted by molar-refractivity contribution is -0.147. The lowest BCUT2D eigenvalue weighted by Gasteiger charge is -2.11. The summed E-state index contributed by atoms with van der Waals surface area (Å²) >= 11 is 0. The van der Waals surface area contributed by atoms with E-state index in [4.69, 9.17) is 4.74 Å². The van der Waals surface area contributed by atoms with Gasteiger partial charge in [-0.1, -0.05) is 0 Å². The minimum atomic E-state index is -4.30. The topological polar surface area (TPSA) is 44.1 Å². The van der Waals surface area contributed by atoms with Gasteiger partial charge in [0, 0.05) is 12.1 Å². The van der Waals surface area contributed by atoms with Crippen molar-refractivity contribution in [3.63, 3.8) is 0 Å². The molecule has 0 amide bonds. The van der Waals surface area contributed by atoms with E-state index in [2.05, 4.69) is 5.10 Å². The van der Waals surface area contributed by atoms with Crippen molar-refractivity contribution >= 4 is 5.97 Å². The maximum absolute atomic E-state index is 12.3. The predicted octanol–water partition coefficient (Wildman–Crippen LogP) is 1.72. The van der Waals surface area contributed by atoms with Gasteiger partial charge in [-0.05, 0) is 18.9 Å². The molecular formula is C11H13F3N2O2. The molecule has 0 spiro atoms. The molecule has 0 aromatic carbocycles. The second kappa shape index (κ2) is 4.62. The van der Waals surface area contributed by atoms with Crippen molar-refractivity contribution in [1.82, 2.24) is 9.78 Å². The van der Waals surface area contributed by atoms with Crippen LogP contribution < -0.4 is 0 Å². The van der Waals surface area contributed by atoms with Crippen LogP contribution >= 0.6 is 0 Å². The number of aromatic nitrogens is 2. The van der Waals surface area contributed by atoms with Crippen LogP contribution in [0.4, 0.5) is 13.2 Å². The third kappa shape index (κ3) is 2.65. The summed E-state index contributed by atoms with van der Waals surface area (Å²) in [6.45, 7) is 0.865. The molecule has 0 radical (unpaired) electrons. The molecular weight excluding hydrogens is 249 g/mol. The Morgan fingerprint density at radius 3 is 2.89 bits per heavy atom. The highest BCUT2D eigenvalue weighted by Gasteiger charge is 2.35. The number of ether oxygens (including phenoxy) is 1. The first-order valence-electron chi connectivity index (χ1n) is 5.67. The van der Waals surface area contributed by atoms with Crippen LogP contribution in [0.15, 0.2) is 6.20 Å². The van der Waals surface area contributed by atoms with E-state index in [0.717, 1.165) is 4.68 Å². The highest BCUT2D eigenvalue weighted by molar-refractivity contribution is 5.74. The molecule has 1 heterocycles. The molecule has 0 N–H and O–H groups in total. The van der Waals surface area contributed by atoms with Crippen molar-refractivity contribution < 1.29 is 22.7 Å².